The van der Waals surface area contributed by atoms with Gasteiger partial charge in [0, 0.05) is 35.8 Å². The van der Waals surface area contributed by atoms with Crippen LogP contribution in [0.3, 0.4) is 0 Å². The van der Waals surface area contributed by atoms with Crippen molar-refractivity contribution in [3.8, 4) is 24.2 Å². The van der Waals surface area contributed by atoms with Crippen LogP contribution >= 0.6 is 0 Å². The average molecular weight is 435 g/mol. The SMILES string of the molecule is C#C/C=C(C#Cc1ccc(C(=O)NCC2(NCC(C)(C)C)CCCCC2)cc1)\C(F)=C/C. The van der Waals surface area contributed by atoms with E-state index in [1.54, 1.807) is 31.2 Å². The lowest BCUT2D eigenvalue weighted by Crippen LogP contribution is -2.56. The minimum Gasteiger partial charge on any atom is -0.350 e. The molecule has 0 unspecified atom stereocenters. The lowest BCUT2D eigenvalue weighted by atomic mass is 9.80. The third-order valence-corrected chi connectivity index (χ3v) is 5.62. The molecular weight excluding hydrogens is 399 g/mol. The Morgan fingerprint density at radius 1 is 1.19 bits per heavy atom. The van der Waals surface area contributed by atoms with E-state index < -0.39 is 5.83 Å². The molecule has 0 aromatic heterocycles. The van der Waals surface area contributed by atoms with Gasteiger partial charge in [0.25, 0.3) is 5.91 Å². The Bertz CT molecular complexity index is 940. The van der Waals surface area contributed by atoms with Crippen LogP contribution in [0.1, 0.15) is 75.7 Å². The molecule has 0 saturated heterocycles. The molecule has 0 spiro atoms. The Balaban J connectivity index is 2.04. The maximum Gasteiger partial charge on any atom is 0.251 e. The van der Waals surface area contributed by atoms with Gasteiger partial charge in [0.1, 0.15) is 5.83 Å². The van der Waals surface area contributed by atoms with Gasteiger partial charge in [-0.2, -0.15) is 0 Å². The number of carbonyl (C=O) groups is 1. The number of rotatable bonds is 6. The van der Waals surface area contributed by atoms with Crippen molar-refractivity contribution in [3.05, 3.63) is 58.9 Å². The molecule has 2 rings (SSSR count). The molecular formula is C28H35FN2O. The molecule has 0 bridgehead atoms. The Morgan fingerprint density at radius 2 is 1.84 bits per heavy atom. The van der Waals surface area contributed by atoms with Gasteiger partial charge in [-0.05, 0) is 49.4 Å². The summed E-state index contributed by atoms with van der Waals surface area (Å²) in [6, 6.07) is 7.01. The molecule has 0 atom stereocenters. The normalized spacial score (nSPS) is 16.5. The fraction of sp³-hybridized carbons (Fsp3) is 0.464. The van der Waals surface area contributed by atoms with Crippen molar-refractivity contribution in [1.82, 2.24) is 10.6 Å². The third-order valence-electron chi connectivity index (χ3n) is 5.62. The standard InChI is InChI=1S/C28H35FN2O/c1-6-11-23(25(29)7-2)15-12-22-13-16-24(17-14-22)26(32)30-21-28(18-9-8-10-19-28)31-20-27(3,4)5/h1,7,11,13-14,16-17,31H,8-10,18-21H2,2-5H3,(H,30,32)/b23-11-,25-7+. The predicted octanol–water partition coefficient (Wildman–Crippen LogP) is 5.54. The Kier molecular flexibility index (Phi) is 9.30. The Hall–Kier alpha value is -2.82. The maximum absolute atomic E-state index is 13.8. The first kappa shape index (κ1) is 25.4. The van der Waals surface area contributed by atoms with Crippen molar-refractivity contribution in [2.45, 2.75) is 65.3 Å². The van der Waals surface area contributed by atoms with E-state index in [2.05, 4.69) is 49.2 Å². The monoisotopic (exact) mass is 434 g/mol. The summed E-state index contributed by atoms with van der Waals surface area (Å²) in [7, 11) is 0. The van der Waals surface area contributed by atoms with Gasteiger partial charge in [0.05, 0.1) is 5.57 Å². The van der Waals surface area contributed by atoms with Crippen LogP contribution in [0.2, 0.25) is 0 Å². The highest BCUT2D eigenvalue weighted by Gasteiger charge is 2.33. The lowest BCUT2D eigenvalue weighted by Gasteiger charge is -2.40. The number of hydrogen-bond acceptors (Lipinski definition) is 2. The summed E-state index contributed by atoms with van der Waals surface area (Å²) in [5.41, 5.74) is 1.58. The van der Waals surface area contributed by atoms with E-state index in [1.807, 2.05) is 0 Å². The molecule has 2 N–H and O–H groups in total. The number of hydrogen-bond donors (Lipinski definition) is 2. The maximum atomic E-state index is 13.8. The van der Waals surface area contributed by atoms with Crippen LogP contribution in [-0.2, 0) is 0 Å². The largest absolute Gasteiger partial charge is 0.350 e. The number of benzene rings is 1. The summed E-state index contributed by atoms with van der Waals surface area (Å²) in [5, 5.41) is 6.88. The molecule has 4 heteroatoms. The topological polar surface area (TPSA) is 41.1 Å². The van der Waals surface area contributed by atoms with Crippen LogP contribution in [0, 0.1) is 29.6 Å². The van der Waals surface area contributed by atoms with Gasteiger partial charge >= 0.3 is 0 Å². The summed E-state index contributed by atoms with van der Waals surface area (Å²) in [5.74, 6) is 7.40. The molecule has 1 aliphatic rings. The number of carbonyl (C=O) groups excluding carboxylic acids is 1. The predicted molar refractivity (Wildman–Crippen MR) is 131 cm³/mol. The molecule has 1 fully saturated rings. The summed E-state index contributed by atoms with van der Waals surface area (Å²) >= 11 is 0. The second-order valence-electron chi connectivity index (χ2n) is 9.63. The van der Waals surface area contributed by atoms with Crippen molar-refractivity contribution < 1.29 is 9.18 Å². The summed E-state index contributed by atoms with van der Waals surface area (Å²) in [4.78, 5) is 12.8. The molecule has 32 heavy (non-hydrogen) atoms. The molecule has 0 aliphatic heterocycles. The highest BCUT2D eigenvalue weighted by molar-refractivity contribution is 5.94. The molecule has 1 saturated carbocycles. The Morgan fingerprint density at radius 3 is 2.41 bits per heavy atom. The summed E-state index contributed by atoms with van der Waals surface area (Å²) in [6.45, 7) is 9.78. The molecule has 170 valence electrons. The zero-order valence-corrected chi connectivity index (χ0v) is 19.8. The molecule has 1 aromatic carbocycles. The molecule has 1 amide bonds. The summed E-state index contributed by atoms with van der Waals surface area (Å²) < 4.78 is 13.8. The van der Waals surface area contributed by atoms with Gasteiger partial charge in [0.2, 0.25) is 0 Å². The minimum absolute atomic E-state index is 0.0385. The van der Waals surface area contributed by atoms with Gasteiger partial charge in [-0.1, -0.05) is 63.9 Å². The average Bonchev–Trinajstić information content (AvgIpc) is 2.79. The van der Waals surface area contributed by atoms with Crippen molar-refractivity contribution in [3.63, 3.8) is 0 Å². The van der Waals surface area contributed by atoms with Gasteiger partial charge in [-0.3, -0.25) is 4.79 Å². The first-order chi connectivity index (χ1) is 15.2. The zero-order chi connectivity index (χ0) is 23.6. The van der Waals surface area contributed by atoms with Crippen LogP contribution in [-0.4, -0.2) is 24.5 Å². The molecule has 1 aliphatic carbocycles. The van der Waals surface area contributed by atoms with E-state index in [4.69, 9.17) is 6.42 Å². The lowest BCUT2D eigenvalue weighted by molar-refractivity contribution is 0.0925. The van der Waals surface area contributed by atoms with Crippen LogP contribution in [0.5, 0.6) is 0 Å². The molecule has 3 nitrogen and oxygen atoms in total. The highest BCUT2D eigenvalue weighted by atomic mass is 19.1. The van der Waals surface area contributed by atoms with E-state index >= 15 is 0 Å². The number of terminal acetylenes is 1. The second-order valence-corrected chi connectivity index (χ2v) is 9.63. The van der Waals surface area contributed by atoms with E-state index in [9.17, 15) is 9.18 Å². The number of allylic oxidation sites excluding steroid dienone is 4. The van der Waals surface area contributed by atoms with Gasteiger partial charge in [0.15, 0.2) is 0 Å². The first-order valence-corrected chi connectivity index (χ1v) is 11.3. The van der Waals surface area contributed by atoms with Gasteiger partial charge < -0.3 is 10.6 Å². The first-order valence-electron chi connectivity index (χ1n) is 11.3. The number of halogens is 1. The quantitative estimate of drug-likeness (QED) is 0.456. The van der Waals surface area contributed by atoms with Crippen molar-refractivity contribution >= 4 is 5.91 Å². The number of nitrogens with one attached hydrogen (secondary N) is 2. The molecule has 0 heterocycles. The van der Waals surface area contributed by atoms with Crippen LogP contribution in [0.15, 0.2) is 47.8 Å². The summed E-state index contributed by atoms with van der Waals surface area (Å²) in [6.07, 6.45) is 13.6. The third kappa shape index (κ3) is 8.03. The highest BCUT2D eigenvalue weighted by Crippen LogP contribution is 2.29. The van der Waals surface area contributed by atoms with Crippen LogP contribution < -0.4 is 10.6 Å². The minimum atomic E-state index is -0.455. The molecule has 0 radical (unpaired) electrons. The number of amides is 1. The van der Waals surface area contributed by atoms with Crippen LogP contribution in [0.4, 0.5) is 4.39 Å². The smallest absolute Gasteiger partial charge is 0.251 e. The zero-order valence-electron chi connectivity index (χ0n) is 19.8. The van der Waals surface area contributed by atoms with Crippen molar-refractivity contribution in [1.29, 1.82) is 0 Å². The fourth-order valence-corrected chi connectivity index (χ4v) is 3.70. The van der Waals surface area contributed by atoms with Gasteiger partial charge in [-0.25, -0.2) is 4.39 Å². The second kappa shape index (κ2) is 11.7. The van der Waals surface area contributed by atoms with Crippen molar-refractivity contribution in [2.75, 3.05) is 13.1 Å². The fourth-order valence-electron chi connectivity index (χ4n) is 3.70. The van der Waals surface area contributed by atoms with E-state index in [0.717, 1.165) is 19.4 Å². The van der Waals surface area contributed by atoms with E-state index in [0.29, 0.717) is 17.7 Å². The van der Waals surface area contributed by atoms with Crippen molar-refractivity contribution in [2.24, 2.45) is 5.41 Å². The van der Waals surface area contributed by atoms with E-state index in [-0.39, 0.29) is 22.4 Å². The van der Waals surface area contributed by atoms with E-state index in [1.165, 1.54) is 31.4 Å². The van der Waals surface area contributed by atoms with Crippen LogP contribution in [0.25, 0.3) is 0 Å². The molecule has 1 aromatic rings. The Labute approximate surface area is 193 Å². The van der Waals surface area contributed by atoms with Gasteiger partial charge in [-0.15, -0.1) is 6.42 Å².